The van der Waals surface area contributed by atoms with Crippen LogP contribution in [0.15, 0.2) is 30.5 Å². The van der Waals surface area contributed by atoms with E-state index in [9.17, 15) is 4.79 Å². The number of hydrogen-bond acceptors (Lipinski definition) is 7. The molecule has 1 saturated heterocycles. The number of imidazole rings is 1. The van der Waals surface area contributed by atoms with Gasteiger partial charge >= 0.3 is 0 Å². The van der Waals surface area contributed by atoms with Gasteiger partial charge in [-0.2, -0.15) is 0 Å². The van der Waals surface area contributed by atoms with Crippen molar-refractivity contribution < 1.29 is 9.53 Å². The highest BCUT2D eigenvalue weighted by Gasteiger charge is 2.32. The van der Waals surface area contributed by atoms with E-state index in [1.807, 2.05) is 38.2 Å². The quantitative estimate of drug-likeness (QED) is 0.613. The fourth-order valence-corrected chi connectivity index (χ4v) is 4.58. The van der Waals surface area contributed by atoms with Crippen LogP contribution in [0.4, 0.5) is 5.82 Å². The highest BCUT2D eigenvalue weighted by molar-refractivity contribution is 5.89. The van der Waals surface area contributed by atoms with Crippen LogP contribution < -0.4 is 10.6 Å². The molecule has 5 rings (SSSR count). The predicted octanol–water partition coefficient (Wildman–Crippen LogP) is 1.43. The molecule has 3 aromatic heterocycles. The molecule has 0 aliphatic carbocycles. The summed E-state index contributed by atoms with van der Waals surface area (Å²) in [4.78, 5) is 28.8. The minimum atomic E-state index is -0.212. The third-order valence-electron chi connectivity index (χ3n) is 6.21. The zero-order chi connectivity index (χ0) is 21.5. The van der Waals surface area contributed by atoms with Gasteiger partial charge < -0.3 is 24.8 Å². The van der Waals surface area contributed by atoms with Crippen molar-refractivity contribution in [2.24, 2.45) is 0 Å². The molecule has 4 bridgehead atoms. The van der Waals surface area contributed by atoms with Gasteiger partial charge in [0.2, 0.25) is 5.91 Å². The summed E-state index contributed by atoms with van der Waals surface area (Å²) in [6.07, 6.45) is 2.31. The number of nitrogens with one attached hydrogen (secondary N) is 2. The molecule has 3 atom stereocenters. The van der Waals surface area contributed by atoms with Crippen molar-refractivity contribution in [2.45, 2.75) is 38.1 Å². The summed E-state index contributed by atoms with van der Waals surface area (Å²) in [7, 11) is 3.52. The van der Waals surface area contributed by atoms with Gasteiger partial charge in [0.05, 0.1) is 29.9 Å². The lowest BCUT2D eigenvalue weighted by molar-refractivity contribution is -0.133. The zero-order valence-electron chi connectivity index (χ0n) is 18.0. The number of aryl methyl sites for hydroxylation is 1. The number of likely N-dealkylation sites (N-methyl/N-ethyl adjacent to an activating group) is 1. The summed E-state index contributed by atoms with van der Waals surface area (Å²) < 4.78 is 7.90. The largest absolute Gasteiger partial charge is 0.378 e. The molecule has 0 unspecified atom stereocenters. The first kappa shape index (κ1) is 19.9. The van der Waals surface area contributed by atoms with Crippen LogP contribution in [0.2, 0.25) is 0 Å². The molecule has 2 aliphatic rings. The van der Waals surface area contributed by atoms with Crippen molar-refractivity contribution in [3.05, 3.63) is 36.3 Å². The maximum atomic E-state index is 13.0. The molecule has 2 N–H and O–H groups in total. The van der Waals surface area contributed by atoms with Crippen LogP contribution in [0.25, 0.3) is 22.4 Å². The van der Waals surface area contributed by atoms with Gasteiger partial charge in [-0.3, -0.25) is 4.79 Å². The molecule has 0 spiro atoms. The van der Waals surface area contributed by atoms with Crippen LogP contribution in [0, 0.1) is 6.92 Å². The Morgan fingerprint density at radius 2 is 2.06 bits per heavy atom. The molecule has 31 heavy (non-hydrogen) atoms. The number of nitrogens with zero attached hydrogens (tertiary/aromatic N) is 5. The van der Waals surface area contributed by atoms with Gasteiger partial charge in [0.1, 0.15) is 11.6 Å². The number of amides is 1. The first-order valence-electron chi connectivity index (χ1n) is 10.6. The Hall–Kier alpha value is -3.04. The topological polar surface area (TPSA) is 97.2 Å². The van der Waals surface area contributed by atoms with Crippen LogP contribution in [-0.4, -0.2) is 75.8 Å². The molecule has 1 fully saturated rings. The number of ether oxygens (including phenoxy) is 1. The second kappa shape index (κ2) is 7.90. The molecular weight excluding hydrogens is 394 g/mol. The summed E-state index contributed by atoms with van der Waals surface area (Å²) in [5, 5.41) is 6.84. The molecule has 9 heteroatoms. The van der Waals surface area contributed by atoms with Crippen LogP contribution >= 0.6 is 0 Å². The number of pyridine rings is 2. The number of carbonyl (C=O) groups excluding carboxylic acids is 1. The molecule has 2 aliphatic heterocycles. The summed E-state index contributed by atoms with van der Waals surface area (Å²) in [5.74, 6) is 1.73. The summed E-state index contributed by atoms with van der Waals surface area (Å²) >= 11 is 0. The van der Waals surface area contributed by atoms with Gasteiger partial charge in [-0.05, 0) is 31.5 Å². The standard InChI is InChI=1S/C22H27N7O2/c1-13-25-21-20-16(7-8-23-21)17-5-4-6-19(27-17)26-14-9-18(24-10-14)22(30)28(2)11-15(31-3)12-29(13)20/h4-8,14-15,18,24H,9-12H2,1-3H3,(H,26,27)/t14-,15-,18-/m0/s1. The van der Waals surface area contributed by atoms with Crippen molar-refractivity contribution in [3.63, 3.8) is 0 Å². The molecule has 3 aromatic rings. The number of aromatic nitrogens is 4. The number of rotatable bonds is 1. The summed E-state index contributed by atoms with van der Waals surface area (Å²) in [6, 6.07) is 7.87. The van der Waals surface area contributed by atoms with E-state index in [1.165, 1.54) is 0 Å². The number of anilines is 1. The molecule has 1 amide bonds. The van der Waals surface area contributed by atoms with Gasteiger partial charge in [0.15, 0.2) is 5.65 Å². The van der Waals surface area contributed by atoms with Crippen molar-refractivity contribution in [1.29, 1.82) is 0 Å². The lowest BCUT2D eigenvalue weighted by atomic mass is 10.1. The fraction of sp³-hybridized carbons (Fsp3) is 0.455. The minimum Gasteiger partial charge on any atom is -0.378 e. The molecule has 0 radical (unpaired) electrons. The maximum Gasteiger partial charge on any atom is 0.239 e. The van der Waals surface area contributed by atoms with Crippen molar-refractivity contribution in [1.82, 2.24) is 29.7 Å². The smallest absolute Gasteiger partial charge is 0.239 e. The molecule has 0 aromatic carbocycles. The molecule has 0 saturated carbocycles. The fourth-order valence-electron chi connectivity index (χ4n) is 4.58. The van der Waals surface area contributed by atoms with Gasteiger partial charge in [0, 0.05) is 45.0 Å². The van der Waals surface area contributed by atoms with Crippen molar-refractivity contribution >= 4 is 22.9 Å². The minimum absolute atomic E-state index is 0.0810. The highest BCUT2D eigenvalue weighted by atomic mass is 16.5. The first-order valence-corrected chi connectivity index (χ1v) is 10.6. The van der Waals surface area contributed by atoms with E-state index in [0.717, 1.165) is 41.4 Å². The van der Waals surface area contributed by atoms with Gasteiger partial charge in [-0.25, -0.2) is 15.0 Å². The van der Waals surface area contributed by atoms with E-state index in [1.54, 1.807) is 18.2 Å². The Morgan fingerprint density at radius 3 is 2.90 bits per heavy atom. The molecule has 5 heterocycles. The van der Waals surface area contributed by atoms with Gasteiger partial charge in [0.25, 0.3) is 0 Å². The van der Waals surface area contributed by atoms with Crippen LogP contribution in [0.1, 0.15) is 12.2 Å². The van der Waals surface area contributed by atoms with E-state index < -0.39 is 0 Å². The molecular formula is C22H27N7O2. The molecule has 162 valence electrons. The lowest BCUT2D eigenvalue weighted by Gasteiger charge is -2.26. The van der Waals surface area contributed by atoms with Crippen molar-refractivity contribution in [3.8, 4) is 11.3 Å². The average molecular weight is 422 g/mol. The molecule has 9 nitrogen and oxygen atoms in total. The summed E-state index contributed by atoms with van der Waals surface area (Å²) in [6.45, 7) is 3.74. The van der Waals surface area contributed by atoms with Crippen molar-refractivity contribution in [2.75, 3.05) is 32.6 Å². The van der Waals surface area contributed by atoms with E-state index >= 15 is 0 Å². The van der Waals surface area contributed by atoms with Crippen LogP contribution in [-0.2, 0) is 16.1 Å². The Bertz CT molecular complexity index is 1130. The first-order chi connectivity index (χ1) is 15.0. The Labute approximate surface area is 180 Å². The zero-order valence-corrected chi connectivity index (χ0v) is 18.0. The van der Waals surface area contributed by atoms with Crippen LogP contribution in [0.5, 0.6) is 0 Å². The number of methoxy groups -OCH3 is 1. The van der Waals surface area contributed by atoms with E-state index in [4.69, 9.17) is 9.72 Å². The third kappa shape index (κ3) is 3.64. The van der Waals surface area contributed by atoms with Crippen LogP contribution in [0.3, 0.4) is 0 Å². The van der Waals surface area contributed by atoms with E-state index in [0.29, 0.717) is 18.7 Å². The van der Waals surface area contributed by atoms with Gasteiger partial charge in [-0.1, -0.05) is 6.07 Å². The Morgan fingerprint density at radius 1 is 1.19 bits per heavy atom. The monoisotopic (exact) mass is 421 g/mol. The van der Waals surface area contributed by atoms with E-state index in [2.05, 4.69) is 25.2 Å². The number of carbonyl (C=O) groups is 1. The normalized spacial score (nSPS) is 24.0. The van der Waals surface area contributed by atoms with E-state index in [-0.39, 0.29) is 24.1 Å². The van der Waals surface area contributed by atoms with Gasteiger partial charge in [-0.15, -0.1) is 0 Å². The highest BCUT2D eigenvalue weighted by Crippen LogP contribution is 2.29. The summed E-state index contributed by atoms with van der Waals surface area (Å²) in [5.41, 5.74) is 3.45. The predicted molar refractivity (Wildman–Crippen MR) is 118 cm³/mol. The maximum absolute atomic E-state index is 13.0. The number of hydrogen-bond donors (Lipinski definition) is 2. The average Bonchev–Trinajstić information content (AvgIpc) is 3.36. The lowest BCUT2D eigenvalue weighted by Crippen LogP contribution is -2.45. The second-order valence-corrected chi connectivity index (χ2v) is 8.32. The third-order valence-corrected chi connectivity index (χ3v) is 6.21. The SMILES string of the molecule is CO[C@H]1CN(C)C(=O)[C@@H]2C[C@@H](CN2)Nc2cccc(n2)-c2ccnc3nc(C)n(c23)C1. The Balaban J connectivity index is 1.66. The number of fused-ring (bicyclic) bond motifs is 5. The Kier molecular flexibility index (Phi) is 5.07. The second-order valence-electron chi connectivity index (χ2n) is 8.32.